The molecule has 2 aliphatic heterocycles. The van der Waals surface area contributed by atoms with Crippen LogP contribution in [0.15, 0.2) is 0 Å². The molecule has 3 unspecified atom stereocenters. The van der Waals surface area contributed by atoms with Crippen LogP contribution in [0.1, 0.15) is 13.3 Å². The molecule has 2 fully saturated rings. The molecule has 2 saturated heterocycles. The first-order valence-electron chi connectivity index (χ1n) is 7.12. The van der Waals surface area contributed by atoms with Gasteiger partial charge in [-0.2, -0.15) is 13.2 Å². The molecule has 4 nitrogen and oxygen atoms in total. The maximum Gasteiger partial charge on any atom is 0.401 e. The lowest BCUT2D eigenvalue weighted by atomic mass is 9.97. The lowest BCUT2D eigenvalue weighted by molar-refractivity contribution is -0.143. The standard InChI is InChI=1S/C13H22F3N3O/c1-9-4-17-6-11(9)12(20)18-5-10-2-3-19(7-10)8-13(14,15)16/h9-11,17H,2-8H2,1H3,(H,18,20). The Labute approximate surface area is 117 Å². The van der Waals surface area contributed by atoms with Crippen molar-refractivity contribution >= 4 is 5.91 Å². The molecule has 0 radical (unpaired) electrons. The number of hydrogen-bond acceptors (Lipinski definition) is 3. The van der Waals surface area contributed by atoms with E-state index in [9.17, 15) is 18.0 Å². The topological polar surface area (TPSA) is 44.4 Å². The van der Waals surface area contributed by atoms with E-state index in [0.717, 1.165) is 13.0 Å². The van der Waals surface area contributed by atoms with E-state index in [4.69, 9.17) is 0 Å². The van der Waals surface area contributed by atoms with Crippen LogP contribution in [0.2, 0.25) is 0 Å². The minimum absolute atomic E-state index is 0.0114. The van der Waals surface area contributed by atoms with Crippen molar-refractivity contribution in [3.63, 3.8) is 0 Å². The number of alkyl halides is 3. The molecule has 0 aromatic heterocycles. The Hall–Kier alpha value is -0.820. The maximum absolute atomic E-state index is 12.3. The first kappa shape index (κ1) is 15.6. The molecule has 2 heterocycles. The number of amides is 1. The number of halogens is 3. The molecular formula is C13H22F3N3O. The second-order valence-electron chi connectivity index (χ2n) is 5.99. The van der Waals surface area contributed by atoms with Crippen molar-refractivity contribution in [2.45, 2.75) is 19.5 Å². The molecule has 0 aliphatic carbocycles. The maximum atomic E-state index is 12.3. The fraction of sp³-hybridized carbons (Fsp3) is 0.923. The average molecular weight is 293 g/mol. The Balaban J connectivity index is 1.69. The monoisotopic (exact) mass is 293 g/mol. The lowest BCUT2D eigenvalue weighted by Gasteiger charge is -2.19. The predicted octanol–water partition coefficient (Wildman–Crippen LogP) is 0.842. The van der Waals surface area contributed by atoms with Gasteiger partial charge >= 0.3 is 6.18 Å². The van der Waals surface area contributed by atoms with Crippen LogP contribution in [0.25, 0.3) is 0 Å². The van der Waals surface area contributed by atoms with E-state index in [-0.39, 0.29) is 17.7 Å². The molecule has 2 N–H and O–H groups in total. The highest BCUT2D eigenvalue weighted by molar-refractivity contribution is 5.79. The van der Waals surface area contributed by atoms with Gasteiger partial charge in [0, 0.05) is 19.6 Å². The predicted molar refractivity (Wildman–Crippen MR) is 69.1 cm³/mol. The second kappa shape index (κ2) is 6.30. The molecule has 2 rings (SSSR count). The van der Waals surface area contributed by atoms with Crippen molar-refractivity contribution in [3.8, 4) is 0 Å². The zero-order valence-corrected chi connectivity index (χ0v) is 11.7. The van der Waals surface area contributed by atoms with Gasteiger partial charge in [0.05, 0.1) is 12.5 Å². The molecule has 0 spiro atoms. The summed E-state index contributed by atoms with van der Waals surface area (Å²) in [5, 5.41) is 6.06. The van der Waals surface area contributed by atoms with E-state index < -0.39 is 12.7 Å². The Kier molecular flexibility index (Phi) is 4.90. The van der Waals surface area contributed by atoms with Crippen molar-refractivity contribution in [2.75, 3.05) is 39.3 Å². The van der Waals surface area contributed by atoms with Crippen LogP contribution >= 0.6 is 0 Å². The summed E-state index contributed by atoms with van der Waals surface area (Å²) in [5.74, 6) is 0.464. The summed E-state index contributed by atoms with van der Waals surface area (Å²) >= 11 is 0. The Morgan fingerprint density at radius 1 is 1.40 bits per heavy atom. The molecule has 0 bridgehead atoms. The summed E-state index contributed by atoms with van der Waals surface area (Å²) < 4.78 is 36.8. The highest BCUT2D eigenvalue weighted by Gasteiger charge is 2.35. The van der Waals surface area contributed by atoms with Crippen LogP contribution < -0.4 is 10.6 Å². The molecule has 0 aromatic carbocycles. The average Bonchev–Trinajstić information content (AvgIpc) is 2.93. The summed E-state index contributed by atoms with van der Waals surface area (Å²) in [4.78, 5) is 13.4. The third-order valence-corrected chi connectivity index (χ3v) is 4.19. The van der Waals surface area contributed by atoms with Gasteiger partial charge in [0.1, 0.15) is 0 Å². The van der Waals surface area contributed by atoms with E-state index in [1.807, 2.05) is 6.92 Å². The molecule has 3 atom stereocenters. The lowest BCUT2D eigenvalue weighted by Crippen LogP contribution is -2.38. The van der Waals surface area contributed by atoms with Crippen molar-refractivity contribution in [3.05, 3.63) is 0 Å². The van der Waals surface area contributed by atoms with E-state index in [1.54, 1.807) is 0 Å². The van der Waals surface area contributed by atoms with E-state index >= 15 is 0 Å². The van der Waals surface area contributed by atoms with Crippen molar-refractivity contribution in [2.24, 2.45) is 17.8 Å². The van der Waals surface area contributed by atoms with Gasteiger partial charge in [0.25, 0.3) is 0 Å². The molecule has 0 saturated carbocycles. The summed E-state index contributed by atoms with van der Waals surface area (Å²) in [7, 11) is 0. The number of carbonyl (C=O) groups is 1. The first-order chi connectivity index (χ1) is 9.35. The molecule has 0 aromatic rings. The van der Waals surface area contributed by atoms with Gasteiger partial charge in [-0.15, -0.1) is 0 Å². The zero-order chi connectivity index (χ0) is 14.8. The van der Waals surface area contributed by atoms with E-state index in [1.165, 1.54) is 4.90 Å². The van der Waals surface area contributed by atoms with Gasteiger partial charge in [0.2, 0.25) is 5.91 Å². The Morgan fingerprint density at radius 3 is 2.75 bits per heavy atom. The van der Waals surface area contributed by atoms with Gasteiger partial charge in [-0.3, -0.25) is 9.69 Å². The molecule has 2 aliphatic rings. The van der Waals surface area contributed by atoms with Crippen molar-refractivity contribution < 1.29 is 18.0 Å². The first-order valence-corrected chi connectivity index (χ1v) is 7.12. The summed E-state index contributed by atoms with van der Waals surface area (Å²) in [5.41, 5.74) is 0. The SMILES string of the molecule is CC1CNCC1C(=O)NCC1CCN(CC(F)(F)F)C1. The zero-order valence-electron chi connectivity index (χ0n) is 11.7. The minimum atomic E-state index is -4.14. The molecular weight excluding hydrogens is 271 g/mol. The van der Waals surface area contributed by atoms with Gasteiger partial charge in [-0.25, -0.2) is 0 Å². The Bertz CT molecular complexity index is 348. The molecule has 20 heavy (non-hydrogen) atoms. The van der Waals surface area contributed by atoms with E-state index in [2.05, 4.69) is 10.6 Å². The van der Waals surface area contributed by atoms with Gasteiger partial charge in [-0.05, 0) is 31.3 Å². The Morgan fingerprint density at radius 2 is 2.15 bits per heavy atom. The third-order valence-electron chi connectivity index (χ3n) is 4.19. The van der Waals surface area contributed by atoms with Crippen LogP contribution in [0.4, 0.5) is 13.2 Å². The van der Waals surface area contributed by atoms with Crippen LogP contribution in [0.5, 0.6) is 0 Å². The molecule has 116 valence electrons. The van der Waals surface area contributed by atoms with Gasteiger partial charge < -0.3 is 10.6 Å². The van der Waals surface area contributed by atoms with Gasteiger partial charge in [-0.1, -0.05) is 6.92 Å². The van der Waals surface area contributed by atoms with Crippen molar-refractivity contribution in [1.82, 2.24) is 15.5 Å². The highest BCUT2D eigenvalue weighted by atomic mass is 19.4. The molecule has 7 heteroatoms. The number of carbonyl (C=O) groups excluding carboxylic acids is 1. The highest BCUT2D eigenvalue weighted by Crippen LogP contribution is 2.22. The quantitative estimate of drug-likeness (QED) is 0.807. The third kappa shape index (κ3) is 4.34. The normalized spacial score (nSPS) is 31.7. The van der Waals surface area contributed by atoms with Gasteiger partial charge in [0.15, 0.2) is 0 Å². The second-order valence-corrected chi connectivity index (χ2v) is 5.99. The van der Waals surface area contributed by atoms with Crippen LogP contribution in [0.3, 0.4) is 0 Å². The molecule has 1 amide bonds. The summed E-state index contributed by atoms with van der Waals surface area (Å²) in [6, 6.07) is 0. The number of rotatable bonds is 4. The smallest absolute Gasteiger partial charge is 0.355 e. The van der Waals surface area contributed by atoms with E-state index in [0.29, 0.717) is 32.1 Å². The number of nitrogens with zero attached hydrogens (tertiary/aromatic N) is 1. The fourth-order valence-corrected chi connectivity index (χ4v) is 3.01. The van der Waals surface area contributed by atoms with Crippen molar-refractivity contribution in [1.29, 1.82) is 0 Å². The van der Waals surface area contributed by atoms with Crippen LogP contribution in [-0.4, -0.2) is 56.3 Å². The minimum Gasteiger partial charge on any atom is -0.355 e. The number of likely N-dealkylation sites (tertiary alicyclic amines) is 1. The van der Waals surface area contributed by atoms with Crippen LogP contribution in [0, 0.1) is 17.8 Å². The number of hydrogen-bond donors (Lipinski definition) is 2. The fourth-order valence-electron chi connectivity index (χ4n) is 3.01. The summed E-state index contributed by atoms with van der Waals surface area (Å²) in [6.07, 6.45) is -3.42. The summed E-state index contributed by atoms with van der Waals surface area (Å²) in [6.45, 7) is 4.08. The number of nitrogens with one attached hydrogen (secondary N) is 2. The largest absolute Gasteiger partial charge is 0.401 e. The van der Waals surface area contributed by atoms with Crippen LogP contribution in [-0.2, 0) is 4.79 Å².